The highest BCUT2D eigenvalue weighted by atomic mass is 19.1. The molecule has 6 nitrogen and oxygen atoms in total. The summed E-state index contributed by atoms with van der Waals surface area (Å²) in [7, 11) is 0. The van der Waals surface area contributed by atoms with Gasteiger partial charge in [-0.25, -0.2) is 4.39 Å². The number of amides is 1. The first kappa shape index (κ1) is 19.2. The lowest BCUT2D eigenvalue weighted by molar-refractivity contribution is -0.140. The molecule has 25 heavy (non-hydrogen) atoms. The summed E-state index contributed by atoms with van der Waals surface area (Å²) >= 11 is 0. The van der Waals surface area contributed by atoms with Gasteiger partial charge in [-0.2, -0.15) is 0 Å². The molecule has 2 rings (SSSR count). The van der Waals surface area contributed by atoms with Crippen molar-refractivity contribution in [3.05, 3.63) is 30.1 Å². The first-order valence-electron chi connectivity index (χ1n) is 8.62. The third kappa shape index (κ3) is 5.70. The average molecular weight is 352 g/mol. The Hall–Kier alpha value is -2.15. The molecule has 7 heteroatoms. The number of carbonyl (C=O) groups excluding carboxylic acids is 1. The number of piperidine rings is 1. The number of carboxylic acid groups (broad SMARTS) is 1. The Balaban J connectivity index is 1.73. The molecule has 0 aliphatic carbocycles. The summed E-state index contributed by atoms with van der Waals surface area (Å²) < 4.78 is 18.8. The number of nitrogens with zero attached hydrogens (tertiary/aromatic N) is 2. The number of likely N-dealkylation sites (N-methyl/N-ethyl adjacent to an activating group) is 1. The van der Waals surface area contributed by atoms with Gasteiger partial charge in [-0.3, -0.25) is 14.5 Å². The van der Waals surface area contributed by atoms with Gasteiger partial charge in [-0.1, -0.05) is 19.1 Å². The van der Waals surface area contributed by atoms with E-state index in [-0.39, 0.29) is 37.3 Å². The fraction of sp³-hybridized carbons (Fsp3) is 0.556. The van der Waals surface area contributed by atoms with Crippen LogP contribution in [0.4, 0.5) is 4.39 Å². The van der Waals surface area contributed by atoms with Gasteiger partial charge in [-0.05, 0) is 31.5 Å². The molecular formula is C18H25FN2O4. The molecule has 1 saturated heterocycles. The van der Waals surface area contributed by atoms with E-state index in [4.69, 9.17) is 9.84 Å². The summed E-state index contributed by atoms with van der Waals surface area (Å²) in [5.74, 6) is -1.13. The quantitative estimate of drug-likeness (QED) is 0.775. The molecule has 0 unspecified atom stereocenters. The highest BCUT2D eigenvalue weighted by molar-refractivity contribution is 5.76. The third-order valence-electron chi connectivity index (χ3n) is 4.49. The van der Waals surface area contributed by atoms with Crippen LogP contribution < -0.4 is 4.74 Å². The topological polar surface area (TPSA) is 70.1 Å². The van der Waals surface area contributed by atoms with E-state index in [1.165, 1.54) is 12.1 Å². The molecule has 138 valence electrons. The van der Waals surface area contributed by atoms with Crippen LogP contribution in [0.1, 0.15) is 26.2 Å². The summed E-state index contributed by atoms with van der Waals surface area (Å²) in [5.41, 5.74) is 0. The van der Waals surface area contributed by atoms with Crippen molar-refractivity contribution in [3.63, 3.8) is 0 Å². The molecule has 0 radical (unpaired) electrons. The monoisotopic (exact) mass is 352 g/mol. The first-order valence-corrected chi connectivity index (χ1v) is 8.62. The summed E-state index contributed by atoms with van der Waals surface area (Å²) in [4.78, 5) is 26.8. The highest BCUT2D eigenvalue weighted by Crippen LogP contribution is 2.18. The van der Waals surface area contributed by atoms with E-state index in [9.17, 15) is 14.0 Å². The molecule has 1 aromatic carbocycles. The number of rotatable bonds is 8. The molecule has 0 bridgehead atoms. The van der Waals surface area contributed by atoms with Crippen LogP contribution in [0.25, 0.3) is 0 Å². The molecule has 0 saturated carbocycles. The Morgan fingerprint density at radius 1 is 1.32 bits per heavy atom. The van der Waals surface area contributed by atoms with Crippen molar-refractivity contribution < 1.29 is 23.8 Å². The molecular weight excluding hydrogens is 327 g/mol. The number of ether oxygens (including phenoxy) is 1. The van der Waals surface area contributed by atoms with Crippen LogP contribution in [-0.4, -0.2) is 65.6 Å². The fourth-order valence-corrected chi connectivity index (χ4v) is 3.12. The van der Waals surface area contributed by atoms with E-state index >= 15 is 0 Å². The van der Waals surface area contributed by atoms with E-state index in [1.807, 2.05) is 11.8 Å². The van der Waals surface area contributed by atoms with Gasteiger partial charge < -0.3 is 14.7 Å². The maximum absolute atomic E-state index is 13.4. The normalized spacial score (nSPS) is 15.4. The number of carboxylic acids is 1. The van der Waals surface area contributed by atoms with Crippen molar-refractivity contribution >= 4 is 11.9 Å². The Bertz CT molecular complexity index is 588. The number of likely N-dealkylation sites (tertiary alicyclic amines) is 1. The van der Waals surface area contributed by atoms with E-state index in [2.05, 4.69) is 0 Å². The van der Waals surface area contributed by atoms with Crippen molar-refractivity contribution in [3.8, 4) is 5.75 Å². The number of aliphatic carboxylic acids is 1. The smallest absolute Gasteiger partial charge is 0.317 e. The van der Waals surface area contributed by atoms with Crippen LogP contribution >= 0.6 is 0 Å². The molecule has 1 aliphatic heterocycles. The second-order valence-corrected chi connectivity index (χ2v) is 6.10. The number of para-hydroxylation sites is 1. The van der Waals surface area contributed by atoms with E-state index in [1.54, 1.807) is 17.0 Å². The largest absolute Gasteiger partial charge is 0.490 e. The Morgan fingerprint density at radius 3 is 2.60 bits per heavy atom. The third-order valence-corrected chi connectivity index (χ3v) is 4.49. The van der Waals surface area contributed by atoms with Crippen LogP contribution in [0.3, 0.4) is 0 Å². The SMILES string of the molecule is CCN(CC(=O)O)C1CCN(C(=O)CCOc2ccccc2F)CC1. The minimum absolute atomic E-state index is 0.0175. The summed E-state index contributed by atoms with van der Waals surface area (Å²) in [6.07, 6.45) is 1.73. The number of hydrogen-bond acceptors (Lipinski definition) is 4. The predicted octanol–water partition coefficient (Wildman–Crippen LogP) is 1.99. The summed E-state index contributed by atoms with van der Waals surface area (Å²) in [5, 5.41) is 8.95. The van der Waals surface area contributed by atoms with E-state index in [0.29, 0.717) is 19.6 Å². The standard InChI is InChI=1S/C18H25FN2O4/c1-2-20(13-18(23)24)14-7-10-21(11-8-14)17(22)9-12-25-16-6-4-3-5-15(16)19/h3-6,14H,2,7-13H2,1H3,(H,23,24). The van der Waals surface area contributed by atoms with Gasteiger partial charge in [0.2, 0.25) is 5.91 Å². The number of halogens is 1. The molecule has 1 aromatic rings. The van der Waals surface area contributed by atoms with Gasteiger partial charge in [-0.15, -0.1) is 0 Å². The lowest BCUT2D eigenvalue weighted by atomic mass is 10.0. The Kier molecular flexibility index (Phi) is 7.18. The Labute approximate surface area is 147 Å². The molecule has 1 fully saturated rings. The van der Waals surface area contributed by atoms with Crippen molar-refractivity contribution in [2.45, 2.75) is 32.2 Å². The zero-order valence-corrected chi connectivity index (χ0v) is 14.5. The van der Waals surface area contributed by atoms with Gasteiger partial charge >= 0.3 is 5.97 Å². The summed E-state index contributed by atoms with van der Waals surface area (Å²) in [6, 6.07) is 6.31. The minimum atomic E-state index is -0.828. The zero-order valence-electron chi connectivity index (χ0n) is 14.5. The highest BCUT2D eigenvalue weighted by Gasteiger charge is 2.27. The molecule has 1 heterocycles. The maximum atomic E-state index is 13.4. The Morgan fingerprint density at radius 2 is 2.00 bits per heavy atom. The van der Waals surface area contributed by atoms with Crippen molar-refractivity contribution in [2.75, 3.05) is 32.8 Å². The second kappa shape index (κ2) is 9.36. The van der Waals surface area contributed by atoms with Gasteiger partial charge in [0.05, 0.1) is 19.6 Å². The fourth-order valence-electron chi connectivity index (χ4n) is 3.12. The molecule has 0 spiro atoms. The van der Waals surface area contributed by atoms with Crippen molar-refractivity contribution in [2.24, 2.45) is 0 Å². The average Bonchev–Trinajstić information content (AvgIpc) is 2.61. The molecule has 0 aromatic heterocycles. The lowest BCUT2D eigenvalue weighted by Crippen LogP contribution is -2.48. The van der Waals surface area contributed by atoms with Gasteiger partial charge in [0.15, 0.2) is 11.6 Å². The molecule has 1 amide bonds. The maximum Gasteiger partial charge on any atom is 0.317 e. The number of benzene rings is 1. The predicted molar refractivity (Wildman–Crippen MR) is 91.0 cm³/mol. The van der Waals surface area contributed by atoms with Crippen molar-refractivity contribution in [1.82, 2.24) is 9.80 Å². The number of hydrogen-bond donors (Lipinski definition) is 1. The van der Waals surface area contributed by atoms with Crippen LogP contribution in [0.15, 0.2) is 24.3 Å². The van der Waals surface area contributed by atoms with Gasteiger partial charge in [0.25, 0.3) is 0 Å². The van der Waals surface area contributed by atoms with Gasteiger partial charge in [0, 0.05) is 19.1 Å². The molecule has 0 atom stereocenters. The van der Waals surface area contributed by atoms with Gasteiger partial charge in [0.1, 0.15) is 0 Å². The lowest BCUT2D eigenvalue weighted by Gasteiger charge is -2.37. The van der Waals surface area contributed by atoms with Crippen LogP contribution in [0.5, 0.6) is 5.75 Å². The van der Waals surface area contributed by atoms with Crippen LogP contribution in [0, 0.1) is 5.82 Å². The van der Waals surface area contributed by atoms with E-state index in [0.717, 1.165) is 12.8 Å². The van der Waals surface area contributed by atoms with Crippen LogP contribution in [-0.2, 0) is 9.59 Å². The summed E-state index contributed by atoms with van der Waals surface area (Å²) in [6.45, 7) is 4.02. The second-order valence-electron chi connectivity index (χ2n) is 6.10. The first-order chi connectivity index (χ1) is 12.0. The van der Waals surface area contributed by atoms with E-state index < -0.39 is 11.8 Å². The van der Waals surface area contributed by atoms with Crippen LogP contribution in [0.2, 0.25) is 0 Å². The minimum Gasteiger partial charge on any atom is -0.490 e. The zero-order chi connectivity index (χ0) is 18.2. The number of carbonyl (C=O) groups is 2. The molecule has 1 aliphatic rings. The molecule has 1 N–H and O–H groups in total. The van der Waals surface area contributed by atoms with Crippen molar-refractivity contribution in [1.29, 1.82) is 0 Å².